The van der Waals surface area contributed by atoms with Crippen molar-refractivity contribution >= 4 is 5.71 Å². The summed E-state index contributed by atoms with van der Waals surface area (Å²) in [5.74, 6) is 0.812. The molecule has 3 heteroatoms. The Bertz CT molecular complexity index is 321. The van der Waals surface area contributed by atoms with Gasteiger partial charge in [0.15, 0.2) is 0 Å². The van der Waals surface area contributed by atoms with Gasteiger partial charge in [0.25, 0.3) is 0 Å². The Hall–Kier alpha value is -1.51. The van der Waals surface area contributed by atoms with Crippen molar-refractivity contribution in [2.24, 2.45) is 5.16 Å². The monoisotopic (exact) mass is 193 g/mol. The normalized spacial score (nSPS) is 11.4. The molecule has 1 N–H and O–H groups in total. The fourth-order valence-corrected chi connectivity index (χ4v) is 1.07. The van der Waals surface area contributed by atoms with E-state index in [2.05, 4.69) is 18.1 Å². The average Bonchev–Trinajstić information content (AvgIpc) is 2.26. The molecule has 1 rings (SSSR count). The highest BCUT2D eigenvalue weighted by Gasteiger charge is 1.96. The maximum Gasteiger partial charge on any atom is 0.129 e. The minimum absolute atomic E-state index is 0.323. The molecule has 0 bridgehead atoms. The molecule has 0 fully saturated rings. The molecule has 0 atom stereocenters. The highest BCUT2D eigenvalue weighted by atomic mass is 16.5. The van der Waals surface area contributed by atoms with Gasteiger partial charge in [-0.3, -0.25) is 0 Å². The van der Waals surface area contributed by atoms with Crippen LogP contribution >= 0.6 is 0 Å². The summed E-state index contributed by atoms with van der Waals surface area (Å²) in [5.41, 5.74) is 1.80. The SMILES string of the molecule is CCc1cccc(OCC(C)=NO)c1. The van der Waals surface area contributed by atoms with Crippen LogP contribution in [0, 0.1) is 0 Å². The molecule has 3 nitrogen and oxygen atoms in total. The first-order valence-electron chi connectivity index (χ1n) is 4.65. The van der Waals surface area contributed by atoms with Crippen LogP contribution in [-0.2, 0) is 6.42 Å². The first-order chi connectivity index (χ1) is 6.76. The first kappa shape index (κ1) is 10.6. The van der Waals surface area contributed by atoms with Crippen molar-refractivity contribution in [3.63, 3.8) is 0 Å². The maximum atomic E-state index is 8.42. The van der Waals surface area contributed by atoms with Gasteiger partial charge in [-0.1, -0.05) is 24.2 Å². The topological polar surface area (TPSA) is 41.8 Å². The Morgan fingerprint density at radius 1 is 1.50 bits per heavy atom. The standard InChI is InChI=1S/C11H15NO2/c1-3-10-5-4-6-11(7-10)14-8-9(2)12-13/h4-7,13H,3,8H2,1-2H3. The second-order valence-electron chi connectivity index (χ2n) is 3.12. The Morgan fingerprint density at radius 3 is 2.93 bits per heavy atom. The van der Waals surface area contributed by atoms with Gasteiger partial charge in [0.05, 0.1) is 5.71 Å². The molecule has 0 spiro atoms. The summed E-state index contributed by atoms with van der Waals surface area (Å²) in [4.78, 5) is 0. The molecular weight excluding hydrogens is 178 g/mol. The van der Waals surface area contributed by atoms with Gasteiger partial charge in [-0.05, 0) is 31.0 Å². The lowest BCUT2D eigenvalue weighted by molar-refractivity contribution is 0.307. The number of ether oxygens (including phenoxy) is 1. The molecule has 0 heterocycles. The van der Waals surface area contributed by atoms with Crippen LogP contribution in [0.1, 0.15) is 19.4 Å². The second kappa shape index (κ2) is 5.27. The summed E-state index contributed by atoms with van der Waals surface area (Å²) in [6, 6.07) is 7.90. The Labute approximate surface area is 84.0 Å². The zero-order valence-corrected chi connectivity index (χ0v) is 8.53. The zero-order valence-electron chi connectivity index (χ0n) is 8.53. The third-order valence-electron chi connectivity index (χ3n) is 1.93. The van der Waals surface area contributed by atoms with Crippen LogP contribution in [0.25, 0.3) is 0 Å². The Morgan fingerprint density at radius 2 is 2.29 bits per heavy atom. The lowest BCUT2D eigenvalue weighted by Gasteiger charge is -2.05. The number of rotatable bonds is 4. The number of benzene rings is 1. The molecular formula is C11H15NO2. The van der Waals surface area contributed by atoms with E-state index in [0.717, 1.165) is 12.2 Å². The molecule has 0 aromatic heterocycles. The fourth-order valence-electron chi connectivity index (χ4n) is 1.07. The zero-order chi connectivity index (χ0) is 10.4. The first-order valence-corrected chi connectivity index (χ1v) is 4.65. The van der Waals surface area contributed by atoms with Crippen LogP contribution in [-0.4, -0.2) is 17.5 Å². The number of nitrogens with zero attached hydrogens (tertiary/aromatic N) is 1. The van der Waals surface area contributed by atoms with Crippen LogP contribution in [0.15, 0.2) is 29.4 Å². The molecule has 0 saturated heterocycles. The van der Waals surface area contributed by atoms with Gasteiger partial charge in [-0.2, -0.15) is 0 Å². The summed E-state index contributed by atoms with van der Waals surface area (Å²) < 4.78 is 5.41. The number of hydrogen-bond acceptors (Lipinski definition) is 3. The van der Waals surface area contributed by atoms with Crippen LogP contribution in [0.5, 0.6) is 5.75 Å². The molecule has 0 radical (unpaired) electrons. The molecule has 14 heavy (non-hydrogen) atoms. The van der Waals surface area contributed by atoms with Crippen LogP contribution in [0.4, 0.5) is 0 Å². The minimum Gasteiger partial charge on any atom is -0.488 e. The van der Waals surface area contributed by atoms with Gasteiger partial charge in [0.1, 0.15) is 12.4 Å². The van der Waals surface area contributed by atoms with Crippen molar-refractivity contribution in [2.45, 2.75) is 20.3 Å². The van der Waals surface area contributed by atoms with Crippen molar-refractivity contribution in [3.05, 3.63) is 29.8 Å². The summed E-state index contributed by atoms with van der Waals surface area (Å²) in [6.07, 6.45) is 0.990. The van der Waals surface area contributed by atoms with Gasteiger partial charge in [-0.15, -0.1) is 0 Å². The van der Waals surface area contributed by atoms with E-state index in [9.17, 15) is 0 Å². The summed E-state index contributed by atoms with van der Waals surface area (Å²) in [5, 5.41) is 11.5. The van der Waals surface area contributed by atoms with E-state index in [-0.39, 0.29) is 0 Å². The molecule has 0 amide bonds. The van der Waals surface area contributed by atoms with E-state index >= 15 is 0 Å². The van der Waals surface area contributed by atoms with Gasteiger partial charge in [0, 0.05) is 0 Å². The molecule has 76 valence electrons. The molecule has 0 aliphatic carbocycles. The van der Waals surface area contributed by atoms with Crippen molar-refractivity contribution in [3.8, 4) is 5.75 Å². The predicted octanol–water partition coefficient (Wildman–Crippen LogP) is 2.48. The Kier molecular flexibility index (Phi) is 3.98. The van der Waals surface area contributed by atoms with Crippen molar-refractivity contribution < 1.29 is 9.94 Å². The third kappa shape index (κ3) is 3.09. The molecule has 0 unspecified atom stereocenters. The quantitative estimate of drug-likeness (QED) is 0.453. The van der Waals surface area contributed by atoms with Gasteiger partial charge in [0.2, 0.25) is 0 Å². The van der Waals surface area contributed by atoms with E-state index < -0.39 is 0 Å². The van der Waals surface area contributed by atoms with Crippen molar-refractivity contribution in [2.75, 3.05) is 6.61 Å². The van der Waals surface area contributed by atoms with Gasteiger partial charge >= 0.3 is 0 Å². The van der Waals surface area contributed by atoms with E-state index in [1.54, 1.807) is 6.92 Å². The van der Waals surface area contributed by atoms with E-state index in [1.807, 2.05) is 18.2 Å². The molecule has 0 aliphatic rings. The second-order valence-corrected chi connectivity index (χ2v) is 3.12. The number of aryl methyl sites for hydroxylation is 1. The third-order valence-corrected chi connectivity index (χ3v) is 1.93. The van der Waals surface area contributed by atoms with Crippen molar-refractivity contribution in [1.29, 1.82) is 0 Å². The van der Waals surface area contributed by atoms with Crippen LogP contribution in [0.3, 0.4) is 0 Å². The molecule has 0 aliphatic heterocycles. The number of hydrogen-bond donors (Lipinski definition) is 1. The van der Waals surface area contributed by atoms with E-state index in [1.165, 1.54) is 5.56 Å². The predicted molar refractivity (Wildman–Crippen MR) is 56.2 cm³/mol. The van der Waals surface area contributed by atoms with E-state index in [4.69, 9.17) is 9.94 Å². The smallest absolute Gasteiger partial charge is 0.129 e. The van der Waals surface area contributed by atoms with Crippen molar-refractivity contribution in [1.82, 2.24) is 0 Å². The van der Waals surface area contributed by atoms with Crippen LogP contribution in [0.2, 0.25) is 0 Å². The Balaban J connectivity index is 2.58. The summed E-state index contributed by atoms with van der Waals surface area (Å²) in [7, 11) is 0. The lowest BCUT2D eigenvalue weighted by atomic mass is 10.2. The fraction of sp³-hybridized carbons (Fsp3) is 0.364. The van der Waals surface area contributed by atoms with Gasteiger partial charge in [-0.25, -0.2) is 0 Å². The highest BCUT2D eigenvalue weighted by Crippen LogP contribution is 2.13. The molecule has 1 aromatic carbocycles. The van der Waals surface area contributed by atoms with Crippen LogP contribution < -0.4 is 4.74 Å². The number of oxime groups is 1. The van der Waals surface area contributed by atoms with Gasteiger partial charge < -0.3 is 9.94 Å². The highest BCUT2D eigenvalue weighted by molar-refractivity contribution is 5.82. The average molecular weight is 193 g/mol. The summed E-state index contributed by atoms with van der Waals surface area (Å²) in [6.45, 7) is 4.13. The van der Waals surface area contributed by atoms with E-state index in [0.29, 0.717) is 12.3 Å². The molecule has 0 saturated carbocycles. The largest absolute Gasteiger partial charge is 0.488 e. The molecule has 1 aromatic rings. The minimum atomic E-state index is 0.323. The lowest BCUT2D eigenvalue weighted by Crippen LogP contribution is -2.07. The maximum absolute atomic E-state index is 8.42. The summed E-state index contributed by atoms with van der Waals surface area (Å²) >= 11 is 0.